The maximum Gasteiger partial charge on any atom is 0.246 e. The molecule has 2 fully saturated rings. The van der Waals surface area contributed by atoms with Gasteiger partial charge in [-0.15, -0.1) is 0 Å². The van der Waals surface area contributed by atoms with Gasteiger partial charge in [0, 0.05) is 17.0 Å². The Kier molecular flexibility index (Phi) is 3.53. The Morgan fingerprint density at radius 3 is 3.08 bits per heavy atom. The van der Waals surface area contributed by atoms with Crippen molar-refractivity contribution in [2.45, 2.75) is 49.3 Å². The molecule has 5 rings (SSSR count). The van der Waals surface area contributed by atoms with Crippen molar-refractivity contribution in [3.8, 4) is 11.5 Å². The first-order valence-electron chi connectivity index (χ1n) is 9.57. The van der Waals surface area contributed by atoms with Gasteiger partial charge in [0.05, 0.1) is 13.2 Å². The number of methoxy groups -OCH3 is 1. The summed E-state index contributed by atoms with van der Waals surface area (Å²) in [5.41, 5.74) is 2.64. The second kappa shape index (κ2) is 5.60. The molecule has 2 aliphatic heterocycles. The Morgan fingerprint density at radius 2 is 2.31 bits per heavy atom. The summed E-state index contributed by atoms with van der Waals surface area (Å²) in [4.78, 5) is 14.4. The van der Waals surface area contributed by atoms with Gasteiger partial charge in [0.1, 0.15) is 12.7 Å². The third-order valence-electron chi connectivity index (χ3n) is 7.29. The zero-order chi connectivity index (χ0) is 18.1. The van der Waals surface area contributed by atoms with Gasteiger partial charge in [-0.25, -0.2) is 0 Å². The molecule has 6 heteroatoms. The third kappa shape index (κ3) is 1.92. The highest BCUT2D eigenvalue weighted by Crippen LogP contribution is 2.63. The van der Waals surface area contributed by atoms with E-state index in [1.165, 1.54) is 11.1 Å². The smallest absolute Gasteiger partial charge is 0.246 e. The van der Waals surface area contributed by atoms with E-state index < -0.39 is 6.61 Å². The van der Waals surface area contributed by atoms with E-state index in [4.69, 9.17) is 9.47 Å². The van der Waals surface area contributed by atoms with E-state index in [1.807, 2.05) is 6.07 Å². The number of hydrogen-bond donors (Lipinski definition) is 2. The van der Waals surface area contributed by atoms with Gasteiger partial charge in [-0.05, 0) is 56.8 Å². The number of amides is 1. The molecule has 0 radical (unpaired) electrons. The molecule has 1 saturated carbocycles. The molecule has 1 spiro atoms. The molecular weight excluding hydrogens is 332 g/mol. The van der Waals surface area contributed by atoms with Gasteiger partial charge in [-0.1, -0.05) is 6.07 Å². The SMILES string of the molecule is COc1ccc2c3c1OC1C(NC(=O)CO)CC[C@@H]4[C@H](C2)N(C)CC[C@@]314. The quantitative estimate of drug-likeness (QED) is 0.838. The monoisotopic (exact) mass is 358 g/mol. The van der Waals surface area contributed by atoms with Gasteiger partial charge in [0.2, 0.25) is 5.91 Å². The van der Waals surface area contributed by atoms with Crippen molar-refractivity contribution in [1.29, 1.82) is 0 Å². The van der Waals surface area contributed by atoms with Crippen LogP contribution in [-0.2, 0) is 16.6 Å². The van der Waals surface area contributed by atoms with Crippen molar-refractivity contribution in [1.82, 2.24) is 10.2 Å². The predicted molar refractivity (Wildman–Crippen MR) is 95.6 cm³/mol. The highest BCUT2D eigenvalue weighted by Gasteiger charge is 2.65. The van der Waals surface area contributed by atoms with Crippen LogP contribution in [0.15, 0.2) is 12.1 Å². The number of piperidine rings is 1. The summed E-state index contributed by atoms with van der Waals surface area (Å²) in [5, 5.41) is 12.2. The van der Waals surface area contributed by atoms with Crippen LogP contribution in [0.1, 0.15) is 30.4 Å². The van der Waals surface area contributed by atoms with Crippen molar-refractivity contribution in [3.63, 3.8) is 0 Å². The molecule has 4 aliphatic rings. The molecule has 2 heterocycles. The molecular formula is C20H26N2O4. The summed E-state index contributed by atoms with van der Waals surface area (Å²) in [5.74, 6) is 1.88. The van der Waals surface area contributed by atoms with Gasteiger partial charge in [0.15, 0.2) is 11.5 Å². The lowest BCUT2D eigenvalue weighted by Crippen LogP contribution is -2.68. The summed E-state index contributed by atoms with van der Waals surface area (Å²) in [6.07, 6.45) is 3.96. The molecule has 5 atom stereocenters. The molecule has 1 aromatic rings. The minimum atomic E-state index is -0.480. The highest BCUT2D eigenvalue weighted by atomic mass is 16.5. The summed E-state index contributed by atoms with van der Waals surface area (Å²) in [6, 6.07) is 4.66. The number of likely N-dealkylation sites (N-methyl/N-ethyl adjacent to an activating group) is 1. The van der Waals surface area contributed by atoms with Gasteiger partial charge >= 0.3 is 0 Å². The topological polar surface area (TPSA) is 71.0 Å². The Bertz CT molecular complexity index is 766. The molecule has 6 nitrogen and oxygen atoms in total. The summed E-state index contributed by atoms with van der Waals surface area (Å²) in [7, 11) is 3.92. The first-order chi connectivity index (χ1) is 12.6. The predicted octanol–water partition coefficient (Wildman–Crippen LogP) is 0.841. The summed E-state index contributed by atoms with van der Waals surface area (Å²) in [6.45, 7) is 0.560. The molecule has 2 bridgehead atoms. The number of aliphatic hydroxyl groups excluding tert-OH is 1. The Morgan fingerprint density at radius 1 is 1.46 bits per heavy atom. The number of carbonyl (C=O) groups is 1. The largest absolute Gasteiger partial charge is 0.493 e. The van der Waals surface area contributed by atoms with Crippen molar-refractivity contribution in [3.05, 3.63) is 23.3 Å². The van der Waals surface area contributed by atoms with Crippen LogP contribution in [0.3, 0.4) is 0 Å². The van der Waals surface area contributed by atoms with E-state index in [0.29, 0.717) is 12.0 Å². The average molecular weight is 358 g/mol. The van der Waals surface area contributed by atoms with E-state index in [2.05, 4.69) is 23.3 Å². The van der Waals surface area contributed by atoms with Gasteiger partial charge in [0.25, 0.3) is 0 Å². The van der Waals surface area contributed by atoms with Crippen LogP contribution < -0.4 is 14.8 Å². The number of aliphatic hydroxyl groups is 1. The fraction of sp³-hybridized carbons (Fsp3) is 0.650. The maximum absolute atomic E-state index is 11.9. The number of rotatable bonds is 3. The van der Waals surface area contributed by atoms with Crippen molar-refractivity contribution in [2.24, 2.45) is 5.92 Å². The Balaban J connectivity index is 1.67. The van der Waals surface area contributed by atoms with Crippen LogP contribution in [0.25, 0.3) is 0 Å². The number of nitrogens with zero attached hydrogens (tertiary/aromatic N) is 1. The van der Waals surface area contributed by atoms with Gasteiger partial charge < -0.3 is 24.8 Å². The van der Waals surface area contributed by atoms with E-state index >= 15 is 0 Å². The molecule has 2 unspecified atom stereocenters. The second-order valence-electron chi connectivity index (χ2n) is 8.23. The lowest BCUT2D eigenvalue weighted by atomic mass is 9.51. The minimum absolute atomic E-state index is 0.0553. The van der Waals surface area contributed by atoms with Crippen molar-refractivity contribution < 1.29 is 19.4 Å². The molecule has 26 heavy (non-hydrogen) atoms. The first kappa shape index (κ1) is 16.4. The van der Waals surface area contributed by atoms with Crippen LogP contribution in [0, 0.1) is 5.92 Å². The lowest BCUT2D eigenvalue weighted by molar-refractivity contribution is -0.127. The molecule has 2 aliphatic carbocycles. The van der Waals surface area contributed by atoms with Crippen molar-refractivity contribution >= 4 is 5.91 Å². The van der Waals surface area contributed by atoms with E-state index in [0.717, 1.165) is 43.7 Å². The first-order valence-corrected chi connectivity index (χ1v) is 9.57. The fourth-order valence-electron chi connectivity index (χ4n) is 6.29. The Labute approximate surface area is 153 Å². The zero-order valence-electron chi connectivity index (χ0n) is 15.3. The zero-order valence-corrected chi connectivity index (χ0v) is 15.3. The standard InChI is InChI=1S/C20H26N2O4/c1-22-8-7-20-12-4-5-13(21-16(24)10-23)19(20)26-18-15(25-2)6-3-11(17(18)20)9-14(12)22/h3,6,12-14,19,23H,4-5,7-10H2,1-2H3,(H,21,24)/t12-,13?,14+,19?,20-/m1/s1. The fourth-order valence-corrected chi connectivity index (χ4v) is 6.29. The molecule has 2 N–H and O–H groups in total. The maximum atomic E-state index is 11.9. The number of hydrogen-bond acceptors (Lipinski definition) is 5. The summed E-state index contributed by atoms with van der Waals surface area (Å²) < 4.78 is 12.2. The second-order valence-corrected chi connectivity index (χ2v) is 8.23. The molecule has 0 aromatic heterocycles. The molecule has 1 aromatic carbocycles. The van der Waals surface area contributed by atoms with Crippen LogP contribution in [0.4, 0.5) is 0 Å². The molecule has 140 valence electrons. The molecule has 1 saturated heterocycles. The third-order valence-corrected chi connectivity index (χ3v) is 7.29. The number of ether oxygens (including phenoxy) is 2. The number of likely N-dealkylation sites (tertiary alicyclic amines) is 1. The van der Waals surface area contributed by atoms with Crippen LogP contribution in [-0.4, -0.2) is 61.4 Å². The lowest BCUT2D eigenvalue weighted by Gasteiger charge is -2.59. The Hall–Kier alpha value is -1.79. The van der Waals surface area contributed by atoms with Crippen LogP contribution >= 0.6 is 0 Å². The summed E-state index contributed by atoms with van der Waals surface area (Å²) >= 11 is 0. The van der Waals surface area contributed by atoms with E-state index in [1.54, 1.807) is 7.11 Å². The van der Waals surface area contributed by atoms with E-state index in [9.17, 15) is 9.90 Å². The average Bonchev–Trinajstić information content (AvgIpc) is 3.00. The molecule has 1 amide bonds. The van der Waals surface area contributed by atoms with Gasteiger partial charge in [-0.2, -0.15) is 0 Å². The number of carbonyl (C=O) groups excluding carboxylic acids is 1. The normalized spacial score (nSPS) is 36.9. The highest BCUT2D eigenvalue weighted by molar-refractivity contribution is 5.77. The van der Waals surface area contributed by atoms with Crippen LogP contribution in [0.2, 0.25) is 0 Å². The number of nitrogens with one attached hydrogen (secondary N) is 1. The minimum Gasteiger partial charge on any atom is -0.493 e. The van der Waals surface area contributed by atoms with Gasteiger partial charge in [-0.3, -0.25) is 4.79 Å². The van der Waals surface area contributed by atoms with Crippen LogP contribution in [0.5, 0.6) is 11.5 Å². The number of benzene rings is 1. The van der Waals surface area contributed by atoms with Crippen molar-refractivity contribution in [2.75, 3.05) is 27.3 Å². The van der Waals surface area contributed by atoms with E-state index in [-0.39, 0.29) is 23.5 Å².